The van der Waals surface area contributed by atoms with Crippen molar-refractivity contribution < 1.29 is 19.0 Å². The Hall–Kier alpha value is -2.87. The summed E-state index contributed by atoms with van der Waals surface area (Å²) in [4.78, 5) is 31.2. The lowest BCUT2D eigenvalue weighted by atomic mass is 9.98. The number of methoxy groups -OCH3 is 1. The number of ether oxygens (including phenoxy) is 3. The first-order chi connectivity index (χ1) is 15.6. The molecule has 7 nitrogen and oxygen atoms in total. The van der Waals surface area contributed by atoms with Gasteiger partial charge < -0.3 is 14.2 Å². The molecule has 4 rings (SSSR count). The summed E-state index contributed by atoms with van der Waals surface area (Å²) < 4.78 is 18.2. The van der Waals surface area contributed by atoms with Crippen LogP contribution in [0.25, 0.3) is 10.2 Å². The van der Waals surface area contributed by atoms with E-state index in [9.17, 15) is 9.59 Å². The topological polar surface area (TPSA) is 79.7 Å². The molecule has 0 N–H and O–H groups in total. The molecular formula is C24H28N2O5S. The molecule has 8 heteroatoms. The number of esters is 1. The van der Waals surface area contributed by atoms with Crippen LogP contribution in [0.5, 0.6) is 11.5 Å². The van der Waals surface area contributed by atoms with E-state index in [1.807, 2.05) is 24.3 Å². The fraction of sp³-hybridized carbons (Fsp3) is 0.458. The molecule has 32 heavy (non-hydrogen) atoms. The maximum atomic E-state index is 13.0. The maximum absolute atomic E-state index is 13.0. The van der Waals surface area contributed by atoms with Crippen LogP contribution in [0.4, 0.5) is 0 Å². The molecule has 1 aliphatic carbocycles. The number of benzene rings is 1. The average Bonchev–Trinajstić information content (AvgIpc) is 3.16. The Labute approximate surface area is 190 Å². The van der Waals surface area contributed by atoms with Gasteiger partial charge in [0.15, 0.2) is 0 Å². The molecule has 1 aliphatic rings. The first-order valence-electron chi connectivity index (χ1n) is 11.0. The van der Waals surface area contributed by atoms with Crippen molar-refractivity contribution in [3.8, 4) is 11.5 Å². The van der Waals surface area contributed by atoms with Crippen molar-refractivity contribution >= 4 is 27.5 Å². The van der Waals surface area contributed by atoms with E-state index in [0.29, 0.717) is 40.2 Å². The van der Waals surface area contributed by atoms with Gasteiger partial charge in [-0.2, -0.15) is 0 Å². The molecule has 0 amide bonds. The summed E-state index contributed by atoms with van der Waals surface area (Å²) in [6.07, 6.45) is 7.40. The summed E-state index contributed by atoms with van der Waals surface area (Å²) in [7, 11) is 1.62. The highest BCUT2D eigenvalue weighted by Crippen LogP contribution is 2.29. The standard InChI is InChI=1S/C24H28N2O5S/c1-16-20-22(32-21(16)24(28)31-19-7-4-3-5-8-19)25-15-26(23(20)27)13-6-14-30-18-11-9-17(29-2)10-12-18/h9-12,15,19H,3-8,13-14H2,1-2H3. The molecule has 0 unspecified atom stereocenters. The van der Waals surface area contributed by atoms with E-state index < -0.39 is 0 Å². The molecule has 1 saturated carbocycles. The second-order valence-corrected chi connectivity index (χ2v) is 9.02. The molecule has 0 atom stereocenters. The highest BCUT2D eigenvalue weighted by atomic mass is 32.1. The van der Waals surface area contributed by atoms with Gasteiger partial charge >= 0.3 is 5.97 Å². The van der Waals surface area contributed by atoms with E-state index in [-0.39, 0.29) is 17.6 Å². The summed E-state index contributed by atoms with van der Waals surface area (Å²) in [5.74, 6) is 1.19. The van der Waals surface area contributed by atoms with Crippen molar-refractivity contribution in [2.75, 3.05) is 13.7 Å². The lowest BCUT2D eigenvalue weighted by molar-refractivity contribution is 0.0216. The molecule has 2 heterocycles. The van der Waals surface area contributed by atoms with Crippen LogP contribution in [-0.4, -0.2) is 35.3 Å². The number of hydrogen-bond donors (Lipinski definition) is 0. The maximum Gasteiger partial charge on any atom is 0.348 e. The Morgan fingerprint density at radius 3 is 2.59 bits per heavy atom. The fourth-order valence-electron chi connectivity index (χ4n) is 4.00. The Balaban J connectivity index is 1.40. The zero-order chi connectivity index (χ0) is 22.5. The quantitative estimate of drug-likeness (QED) is 0.360. The average molecular weight is 457 g/mol. The number of thiophene rings is 1. The van der Waals surface area contributed by atoms with Crippen molar-refractivity contribution in [1.29, 1.82) is 0 Å². The van der Waals surface area contributed by atoms with E-state index in [1.165, 1.54) is 17.8 Å². The predicted molar refractivity (Wildman–Crippen MR) is 124 cm³/mol. The third-order valence-electron chi connectivity index (χ3n) is 5.80. The molecule has 2 aromatic heterocycles. The van der Waals surface area contributed by atoms with Crippen LogP contribution >= 0.6 is 11.3 Å². The van der Waals surface area contributed by atoms with E-state index in [1.54, 1.807) is 24.9 Å². The fourth-order valence-corrected chi connectivity index (χ4v) is 5.02. The molecule has 1 aromatic carbocycles. The molecule has 0 saturated heterocycles. The zero-order valence-electron chi connectivity index (χ0n) is 18.5. The van der Waals surface area contributed by atoms with Crippen LogP contribution in [-0.2, 0) is 11.3 Å². The minimum absolute atomic E-state index is 0.0174. The number of rotatable bonds is 8. The molecule has 0 radical (unpaired) electrons. The van der Waals surface area contributed by atoms with Gasteiger partial charge in [-0.15, -0.1) is 11.3 Å². The van der Waals surface area contributed by atoms with Gasteiger partial charge in [0.25, 0.3) is 5.56 Å². The molecule has 0 bridgehead atoms. The Morgan fingerprint density at radius 2 is 1.88 bits per heavy atom. The van der Waals surface area contributed by atoms with Crippen LogP contribution in [0, 0.1) is 6.92 Å². The van der Waals surface area contributed by atoms with Crippen LogP contribution in [0.2, 0.25) is 0 Å². The van der Waals surface area contributed by atoms with Crippen LogP contribution in [0.1, 0.15) is 53.8 Å². The number of fused-ring (bicyclic) bond motifs is 1. The second-order valence-electron chi connectivity index (χ2n) is 8.02. The van der Waals surface area contributed by atoms with Crippen LogP contribution < -0.4 is 15.0 Å². The smallest absolute Gasteiger partial charge is 0.348 e. The number of carbonyl (C=O) groups is 1. The van der Waals surface area contributed by atoms with Crippen molar-refractivity contribution in [2.45, 2.75) is 58.1 Å². The number of hydrogen-bond acceptors (Lipinski definition) is 7. The lowest BCUT2D eigenvalue weighted by Gasteiger charge is -2.21. The monoisotopic (exact) mass is 456 g/mol. The summed E-state index contributed by atoms with van der Waals surface area (Å²) in [6, 6.07) is 7.38. The van der Waals surface area contributed by atoms with Gasteiger partial charge in [0.1, 0.15) is 27.3 Å². The summed E-state index contributed by atoms with van der Waals surface area (Å²) in [6.45, 7) is 2.75. The van der Waals surface area contributed by atoms with E-state index in [4.69, 9.17) is 14.2 Å². The van der Waals surface area contributed by atoms with E-state index in [2.05, 4.69) is 4.98 Å². The SMILES string of the molecule is COc1ccc(OCCCn2cnc3sc(C(=O)OC4CCCCC4)c(C)c3c2=O)cc1. The highest BCUT2D eigenvalue weighted by Gasteiger charge is 2.24. The van der Waals surface area contributed by atoms with Gasteiger partial charge in [0, 0.05) is 6.54 Å². The molecule has 0 spiro atoms. The minimum Gasteiger partial charge on any atom is -0.497 e. The normalized spacial score (nSPS) is 14.4. The van der Waals surface area contributed by atoms with Gasteiger partial charge in [-0.1, -0.05) is 6.42 Å². The third kappa shape index (κ3) is 4.96. The molecule has 170 valence electrons. The van der Waals surface area contributed by atoms with Gasteiger partial charge in [0.05, 0.1) is 25.4 Å². The first kappa shape index (κ1) is 22.3. The van der Waals surface area contributed by atoms with Gasteiger partial charge in [-0.3, -0.25) is 9.36 Å². The first-order valence-corrected chi connectivity index (χ1v) is 11.8. The van der Waals surface area contributed by atoms with Crippen molar-refractivity contribution in [3.63, 3.8) is 0 Å². The lowest BCUT2D eigenvalue weighted by Crippen LogP contribution is -2.22. The summed E-state index contributed by atoms with van der Waals surface area (Å²) in [5.41, 5.74) is 0.525. The Kier molecular flexibility index (Phi) is 7.09. The molecular weight excluding hydrogens is 428 g/mol. The molecule has 1 fully saturated rings. The third-order valence-corrected chi connectivity index (χ3v) is 6.98. The van der Waals surface area contributed by atoms with Crippen LogP contribution in [0.3, 0.4) is 0 Å². The predicted octanol–water partition coefficient (Wildman–Crippen LogP) is 4.73. The van der Waals surface area contributed by atoms with E-state index in [0.717, 1.165) is 37.2 Å². The number of nitrogens with zero attached hydrogens (tertiary/aromatic N) is 2. The van der Waals surface area contributed by atoms with Crippen molar-refractivity contribution in [3.05, 3.63) is 51.4 Å². The number of aromatic nitrogens is 2. The molecule has 0 aliphatic heterocycles. The zero-order valence-corrected chi connectivity index (χ0v) is 19.3. The number of aryl methyl sites for hydroxylation is 2. The number of carbonyl (C=O) groups excluding carboxylic acids is 1. The van der Waals surface area contributed by atoms with Gasteiger partial charge in [-0.05, 0) is 68.9 Å². The van der Waals surface area contributed by atoms with Crippen molar-refractivity contribution in [2.24, 2.45) is 0 Å². The summed E-state index contributed by atoms with van der Waals surface area (Å²) >= 11 is 1.24. The Morgan fingerprint density at radius 1 is 1.16 bits per heavy atom. The summed E-state index contributed by atoms with van der Waals surface area (Å²) in [5, 5.41) is 0.504. The minimum atomic E-state index is -0.337. The van der Waals surface area contributed by atoms with E-state index >= 15 is 0 Å². The second kappa shape index (κ2) is 10.2. The van der Waals surface area contributed by atoms with Gasteiger partial charge in [0.2, 0.25) is 0 Å². The van der Waals surface area contributed by atoms with Gasteiger partial charge in [-0.25, -0.2) is 9.78 Å². The largest absolute Gasteiger partial charge is 0.497 e. The molecule has 3 aromatic rings. The Bertz CT molecular complexity index is 1130. The highest BCUT2D eigenvalue weighted by molar-refractivity contribution is 7.20. The van der Waals surface area contributed by atoms with Crippen molar-refractivity contribution in [1.82, 2.24) is 9.55 Å². The van der Waals surface area contributed by atoms with Crippen LogP contribution in [0.15, 0.2) is 35.4 Å².